The fourth-order valence-electron chi connectivity index (χ4n) is 1.17. The molecule has 0 saturated heterocycles. The van der Waals surface area contributed by atoms with Crippen LogP contribution in [0.2, 0.25) is 10.6 Å². The van der Waals surface area contributed by atoms with E-state index in [2.05, 4.69) is 25.6 Å². The summed E-state index contributed by atoms with van der Waals surface area (Å²) in [5.74, 6) is 0.199. The molecule has 1 aromatic heterocycles. The molecular weight excluding hydrogens is 277 g/mol. The molecule has 0 aliphatic heterocycles. The van der Waals surface area contributed by atoms with E-state index in [1.165, 1.54) is 0 Å². The lowest BCUT2D eigenvalue weighted by Gasteiger charge is -2.20. The van der Waals surface area contributed by atoms with Crippen LogP contribution in [0, 0.1) is 0 Å². The van der Waals surface area contributed by atoms with Crippen molar-refractivity contribution in [3.8, 4) is 0 Å². The third-order valence-electron chi connectivity index (χ3n) is 1.73. The topological polar surface area (TPSA) is 79.8 Å². The number of amides is 1. The lowest BCUT2D eigenvalue weighted by molar-refractivity contribution is -0.122. The minimum Gasteiger partial charge on any atom is -0.354 e. The summed E-state index contributed by atoms with van der Waals surface area (Å²) in [7, 11) is 0. The zero-order chi connectivity index (χ0) is 13.8. The third-order valence-corrected chi connectivity index (χ3v) is 2.07. The molecule has 18 heavy (non-hydrogen) atoms. The molecule has 1 heterocycles. The van der Waals surface area contributed by atoms with Gasteiger partial charge in [-0.15, -0.1) is 0 Å². The van der Waals surface area contributed by atoms with Crippen LogP contribution in [0.3, 0.4) is 0 Å². The molecule has 8 heteroatoms. The number of nitrogens with zero attached hydrogens (tertiary/aromatic N) is 3. The van der Waals surface area contributed by atoms with E-state index in [-0.39, 0.29) is 28.0 Å². The monoisotopic (exact) mass is 291 g/mol. The molecule has 0 fully saturated rings. The Kier molecular flexibility index (Phi) is 5.10. The van der Waals surface area contributed by atoms with E-state index in [4.69, 9.17) is 23.2 Å². The molecular formula is C10H15Cl2N5O. The summed E-state index contributed by atoms with van der Waals surface area (Å²) in [5, 5.41) is 5.72. The molecule has 0 saturated carbocycles. The van der Waals surface area contributed by atoms with Crippen molar-refractivity contribution < 1.29 is 4.79 Å². The highest BCUT2D eigenvalue weighted by Crippen LogP contribution is 2.09. The van der Waals surface area contributed by atoms with Crippen molar-refractivity contribution in [3.63, 3.8) is 0 Å². The molecule has 0 bridgehead atoms. The van der Waals surface area contributed by atoms with Gasteiger partial charge in [0, 0.05) is 18.5 Å². The Hall–Kier alpha value is -1.14. The number of aromatic nitrogens is 3. The summed E-state index contributed by atoms with van der Waals surface area (Å²) in [6.07, 6.45) is 0.304. The van der Waals surface area contributed by atoms with Crippen LogP contribution < -0.4 is 10.6 Å². The molecule has 0 radical (unpaired) electrons. The first-order chi connectivity index (χ1) is 8.26. The SMILES string of the molecule is CC(C)(C)NC(=O)CCNc1nc(Cl)nc(Cl)n1. The first-order valence-corrected chi connectivity index (χ1v) is 6.14. The van der Waals surface area contributed by atoms with E-state index in [1.54, 1.807) is 0 Å². The van der Waals surface area contributed by atoms with Crippen molar-refractivity contribution in [2.75, 3.05) is 11.9 Å². The third kappa shape index (κ3) is 5.97. The highest BCUT2D eigenvalue weighted by atomic mass is 35.5. The summed E-state index contributed by atoms with van der Waals surface area (Å²) in [6, 6.07) is 0. The van der Waals surface area contributed by atoms with Crippen LogP contribution >= 0.6 is 23.2 Å². The molecule has 1 amide bonds. The maximum absolute atomic E-state index is 11.5. The first kappa shape index (κ1) is 14.9. The average molecular weight is 292 g/mol. The van der Waals surface area contributed by atoms with E-state index >= 15 is 0 Å². The molecule has 0 aliphatic carbocycles. The minimum absolute atomic E-state index is 0.0108. The Morgan fingerprint density at radius 2 is 1.72 bits per heavy atom. The van der Waals surface area contributed by atoms with Gasteiger partial charge in [-0.3, -0.25) is 4.79 Å². The molecule has 100 valence electrons. The number of halogens is 2. The molecule has 6 nitrogen and oxygen atoms in total. The van der Waals surface area contributed by atoms with Crippen LogP contribution in [-0.2, 0) is 4.79 Å². The number of carbonyl (C=O) groups excluding carboxylic acids is 1. The highest BCUT2D eigenvalue weighted by Gasteiger charge is 2.13. The second-order valence-corrected chi connectivity index (χ2v) is 5.35. The number of hydrogen-bond acceptors (Lipinski definition) is 5. The summed E-state index contributed by atoms with van der Waals surface area (Å²) in [5.41, 5.74) is -0.239. The van der Waals surface area contributed by atoms with Gasteiger partial charge < -0.3 is 10.6 Å². The van der Waals surface area contributed by atoms with Crippen molar-refractivity contribution in [1.29, 1.82) is 0 Å². The highest BCUT2D eigenvalue weighted by molar-refractivity contribution is 6.31. The van der Waals surface area contributed by atoms with Gasteiger partial charge in [0.25, 0.3) is 0 Å². The number of nitrogens with one attached hydrogen (secondary N) is 2. The van der Waals surface area contributed by atoms with Gasteiger partial charge >= 0.3 is 0 Å². The van der Waals surface area contributed by atoms with Gasteiger partial charge in [-0.1, -0.05) is 0 Å². The number of rotatable bonds is 4. The van der Waals surface area contributed by atoms with E-state index in [0.717, 1.165) is 0 Å². The molecule has 1 aromatic rings. The fraction of sp³-hybridized carbons (Fsp3) is 0.600. The Bertz CT molecular complexity index is 413. The van der Waals surface area contributed by atoms with Crippen molar-refractivity contribution in [1.82, 2.24) is 20.3 Å². The van der Waals surface area contributed by atoms with Gasteiger partial charge in [-0.05, 0) is 44.0 Å². The Labute approximate surface area is 116 Å². The standard InChI is InChI=1S/C10H15Cl2N5O/c1-10(2,3)17-6(18)4-5-13-9-15-7(11)14-8(12)16-9/h4-5H2,1-3H3,(H,17,18)(H,13,14,15,16). The quantitative estimate of drug-likeness (QED) is 0.886. The number of hydrogen-bond donors (Lipinski definition) is 2. The molecule has 0 spiro atoms. The maximum atomic E-state index is 11.5. The predicted octanol–water partition coefficient (Wildman–Crippen LogP) is 1.90. The van der Waals surface area contributed by atoms with Crippen LogP contribution in [-0.4, -0.2) is 32.9 Å². The van der Waals surface area contributed by atoms with E-state index in [9.17, 15) is 4.79 Å². The summed E-state index contributed by atoms with van der Waals surface area (Å²) < 4.78 is 0. The molecule has 0 unspecified atom stereocenters. The number of carbonyl (C=O) groups is 1. The van der Waals surface area contributed by atoms with Gasteiger partial charge in [0.05, 0.1) is 0 Å². The van der Waals surface area contributed by atoms with Gasteiger partial charge in [0.2, 0.25) is 22.4 Å². The zero-order valence-corrected chi connectivity index (χ0v) is 11.9. The second kappa shape index (κ2) is 6.15. The van der Waals surface area contributed by atoms with Crippen LogP contribution in [0.1, 0.15) is 27.2 Å². The largest absolute Gasteiger partial charge is 0.354 e. The summed E-state index contributed by atoms with van der Waals surface area (Å²) in [6.45, 7) is 6.15. The van der Waals surface area contributed by atoms with Crippen LogP contribution in [0.15, 0.2) is 0 Å². The summed E-state index contributed by atoms with van der Waals surface area (Å²) in [4.78, 5) is 22.8. The summed E-state index contributed by atoms with van der Waals surface area (Å²) >= 11 is 11.2. The van der Waals surface area contributed by atoms with Crippen LogP contribution in [0.25, 0.3) is 0 Å². The normalized spacial score (nSPS) is 11.2. The van der Waals surface area contributed by atoms with Crippen LogP contribution in [0.4, 0.5) is 5.95 Å². The molecule has 0 atom stereocenters. The first-order valence-electron chi connectivity index (χ1n) is 5.38. The smallest absolute Gasteiger partial charge is 0.228 e. The minimum atomic E-state index is -0.239. The Morgan fingerprint density at radius 1 is 1.17 bits per heavy atom. The van der Waals surface area contributed by atoms with Crippen molar-refractivity contribution >= 4 is 35.1 Å². The number of anilines is 1. The van der Waals surface area contributed by atoms with E-state index < -0.39 is 0 Å². The average Bonchev–Trinajstić information content (AvgIpc) is 2.12. The molecule has 2 N–H and O–H groups in total. The van der Waals surface area contributed by atoms with Gasteiger partial charge in [-0.2, -0.15) is 15.0 Å². The molecule has 0 aromatic carbocycles. The Balaban J connectivity index is 2.40. The van der Waals surface area contributed by atoms with Gasteiger partial charge in [0.1, 0.15) is 0 Å². The van der Waals surface area contributed by atoms with Crippen molar-refractivity contribution in [2.24, 2.45) is 0 Å². The molecule has 1 rings (SSSR count). The fourth-order valence-corrected chi connectivity index (χ4v) is 1.54. The van der Waals surface area contributed by atoms with E-state index in [1.807, 2.05) is 20.8 Å². The lowest BCUT2D eigenvalue weighted by Crippen LogP contribution is -2.41. The predicted molar refractivity (Wildman–Crippen MR) is 70.8 cm³/mol. The van der Waals surface area contributed by atoms with Crippen molar-refractivity contribution in [2.45, 2.75) is 32.7 Å². The van der Waals surface area contributed by atoms with Crippen molar-refractivity contribution in [3.05, 3.63) is 10.6 Å². The van der Waals surface area contributed by atoms with Crippen LogP contribution in [0.5, 0.6) is 0 Å². The van der Waals surface area contributed by atoms with Gasteiger partial charge in [-0.25, -0.2) is 0 Å². The lowest BCUT2D eigenvalue weighted by atomic mass is 10.1. The molecule has 0 aliphatic rings. The zero-order valence-electron chi connectivity index (χ0n) is 10.4. The second-order valence-electron chi connectivity index (χ2n) is 4.67. The van der Waals surface area contributed by atoms with E-state index in [0.29, 0.717) is 13.0 Å². The van der Waals surface area contributed by atoms with Gasteiger partial charge in [0.15, 0.2) is 0 Å². The Morgan fingerprint density at radius 3 is 2.22 bits per heavy atom. The maximum Gasteiger partial charge on any atom is 0.228 e.